The van der Waals surface area contributed by atoms with E-state index in [2.05, 4.69) is 54.9 Å². The molecule has 20 heavy (non-hydrogen) atoms. The Labute approximate surface area is 124 Å². The standard InChI is InChI=1S/C17H21NOS/c1-3-18-16(17-12(2)9-11-20-17)14-8-10-19-15-7-5-4-6-13(14)15/h4-7,9,11,14,16,18H,3,8,10H2,1-2H3. The van der Waals surface area contributed by atoms with Crippen LogP contribution in [0.2, 0.25) is 0 Å². The third kappa shape index (κ3) is 2.48. The number of nitrogens with one attached hydrogen (secondary N) is 1. The molecule has 2 nitrogen and oxygen atoms in total. The van der Waals surface area contributed by atoms with Crippen LogP contribution in [0.15, 0.2) is 35.7 Å². The van der Waals surface area contributed by atoms with Crippen molar-refractivity contribution in [1.82, 2.24) is 5.32 Å². The zero-order valence-electron chi connectivity index (χ0n) is 12.1. The van der Waals surface area contributed by atoms with Crippen LogP contribution in [0.3, 0.4) is 0 Å². The SMILES string of the molecule is CCNC(c1sccc1C)C1CCOc2ccccc21. The zero-order chi connectivity index (χ0) is 13.9. The van der Waals surface area contributed by atoms with E-state index in [0.29, 0.717) is 12.0 Å². The second kappa shape index (κ2) is 5.98. The van der Waals surface area contributed by atoms with Gasteiger partial charge in [0.25, 0.3) is 0 Å². The highest BCUT2D eigenvalue weighted by Gasteiger charge is 2.30. The summed E-state index contributed by atoms with van der Waals surface area (Å²) in [5, 5.41) is 5.89. The number of para-hydroxylation sites is 1. The van der Waals surface area contributed by atoms with Gasteiger partial charge in [0.15, 0.2) is 0 Å². The number of rotatable bonds is 4. The van der Waals surface area contributed by atoms with Gasteiger partial charge in [0, 0.05) is 16.8 Å². The summed E-state index contributed by atoms with van der Waals surface area (Å²) >= 11 is 1.86. The third-order valence-corrected chi connectivity index (χ3v) is 5.12. The van der Waals surface area contributed by atoms with Crippen LogP contribution in [0, 0.1) is 6.92 Å². The minimum atomic E-state index is 0.394. The first-order valence-corrected chi connectivity index (χ1v) is 8.18. The number of benzene rings is 1. The second-order valence-corrected chi connectivity index (χ2v) is 6.23. The molecule has 0 aliphatic carbocycles. The normalized spacial score (nSPS) is 19.2. The molecular weight excluding hydrogens is 266 g/mol. The summed E-state index contributed by atoms with van der Waals surface area (Å²) in [6.07, 6.45) is 1.08. The Kier molecular flexibility index (Phi) is 4.08. The molecule has 1 N–H and O–H groups in total. The van der Waals surface area contributed by atoms with Crippen molar-refractivity contribution in [2.24, 2.45) is 0 Å². The number of hydrogen-bond donors (Lipinski definition) is 1. The van der Waals surface area contributed by atoms with Crippen molar-refractivity contribution >= 4 is 11.3 Å². The maximum absolute atomic E-state index is 5.81. The van der Waals surface area contributed by atoms with Gasteiger partial charge in [0.2, 0.25) is 0 Å². The summed E-state index contributed by atoms with van der Waals surface area (Å²) in [6, 6.07) is 11.1. The van der Waals surface area contributed by atoms with Crippen molar-refractivity contribution in [3.8, 4) is 5.75 Å². The minimum absolute atomic E-state index is 0.394. The Morgan fingerprint density at radius 1 is 1.35 bits per heavy atom. The fourth-order valence-electron chi connectivity index (χ4n) is 3.06. The van der Waals surface area contributed by atoms with E-state index in [1.807, 2.05) is 11.3 Å². The van der Waals surface area contributed by atoms with Crippen molar-refractivity contribution in [3.05, 3.63) is 51.7 Å². The number of fused-ring (bicyclic) bond motifs is 1. The van der Waals surface area contributed by atoms with Crippen molar-refractivity contribution in [3.63, 3.8) is 0 Å². The highest BCUT2D eigenvalue weighted by atomic mass is 32.1. The topological polar surface area (TPSA) is 21.3 Å². The van der Waals surface area contributed by atoms with Crippen molar-refractivity contribution < 1.29 is 4.74 Å². The van der Waals surface area contributed by atoms with Crippen LogP contribution < -0.4 is 10.1 Å². The first kappa shape index (κ1) is 13.7. The number of thiophene rings is 1. The maximum Gasteiger partial charge on any atom is 0.122 e. The molecule has 0 fully saturated rings. The second-order valence-electron chi connectivity index (χ2n) is 5.28. The fourth-order valence-corrected chi connectivity index (χ4v) is 4.12. The molecule has 1 aliphatic heterocycles. The molecule has 106 valence electrons. The number of hydrogen-bond acceptors (Lipinski definition) is 3. The van der Waals surface area contributed by atoms with Gasteiger partial charge in [0.05, 0.1) is 6.61 Å². The van der Waals surface area contributed by atoms with Gasteiger partial charge >= 0.3 is 0 Å². The summed E-state index contributed by atoms with van der Waals surface area (Å²) in [4.78, 5) is 1.47. The highest BCUT2D eigenvalue weighted by molar-refractivity contribution is 7.10. The highest BCUT2D eigenvalue weighted by Crippen LogP contribution is 2.43. The Morgan fingerprint density at radius 3 is 2.95 bits per heavy atom. The number of aryl methyl sites for hydroxylation is 1. The summed E-state index contributed by atoms with van der Waals surface area (Å²) in [5.74, 6) is 1.55. The molecular formula is C17H21NOS. The molecule has 0 saturated heterocycles. The maximum atomic E-state index is 5.81. The molecule has 0 spiro atoms. The van der Waals surface area contributed by atoms with Crippen LogP contribution in [0.1, 0.15) is 41.3 Å². The Morgan fingerprint density at radius 2 is 2.20 bits per heavy atom. The molecule has 1 aromatic carbocycles. The van der Waals surface area contributed by atoms with Gasteiger partial charge in [-0.25, -0.2) is 0 Å². The summed E-state index contributed by atoms with van der Waals surface area (Å²) in [5.41, 5.74) is 2.74. The lowest BCUT2D eigenvalue weighted by Crippen LogP contribution is -2.30. The smallest absolute Gasteiger partial charge is 0.122 e. The lowest BCUT2D eigenvalue weighted by molar-refractivity contribution is 0.247. The molecule has 1 aromatic heterocycles. The molecule has 0 saturated carbocycles. The van der Waals surface area contributed by atoms with Gasteiger partial charge in [-0.2, -0.15) is 0 Å². The van der Waals surface area contributed by atoms with Crippen molar-refractivity contribution in [1.29, 1.82) is 0 Å². The van der Waals surface area contributed by atoms with Gasteiger partial charge in [-0.3, -0.25) is 0 Å². The van der Waals surface area contributed by atoms with Crippen LogP contribution in [0.5, 0.6) is 5.75 Å². The molecule has 1 aliphatic rings. The average molecular weight is 287 g/mol. The van der Waals surface area contributed by atoms with Gasteiger partial charge in [-0.15, -0.1) is 11.3 Å². The van der Waals surface area contributed by atoms with E-state index in [-0.39, 0.29) is 0 Å². The number of likely N-dealkylation sites (N-methyl/N-ethyl adjacent to an activating group) is 1. The first-order valence-electron chi connectivity index (χ1n) is 7.30. The van der Waals surface area contributed by atoms with Crippen LogP contribution in [-0.2, 0) is 0 Å². The van der Waals surface area contributed by atoms with Crippen LogP contribution in [-0.4, -0.2) is 13.2 Å². The van der Waals surface area contributed by atoms with Gasteiger partial charge in [-0.05, 0) is 48.5 Å². The predicted octanol–water partition coefficient (Wildman–Crippen LogP) is 4.27. The van der Waals surface area contributed by atoms with E-state index in [9.17, 15) is 0 Å². The quantitative estimate of drug-likeness (QED) is 0.906. The van der Waals surface area contributed by atoms with Crippen LogP contribution in [0.25, 0.3) is 0 Å². The lowest BCUT2D eigenvalue weighted by Gasteiger charge is -2.33. The summed E-state index contributed by atoms with van der Waals surface area (Å²) in [7, 11) is 0. The Balaban J connectivity index is 1.99. The predicted molar refractivity (Wildman–Crippen MR) is 84.8 cm³/mol. The molecule has 3 rings (SSSR count). The molecule has 0 amide bonds. The van der Waals surface area contributed by atoms with Crippen LogP contribution >= 0.6 is 11.3 Å². The monoisotopic (exact) mass is 287 g/mol. The molecule has 2 atom stereocenters. The van der Waals surface area contributed by atoms with E-state index in [1.54, 1.807) is 0 Å². The van der Waals surface area contributed by atoms with Crippen molar-refractivity contribution in [2.75, 3.05) is 13.2 Å². The average Bonchev–Trinajstić information content (AvgIpc) is 2.90. The van der Waals surface area contributed by atoms with Gasteiger partial charge < -0.3 is 10.1 Å². The first-order chi connectivity index (χ1) is 9.81. The molecule has 2 unspecified atom stereocenters. The zero-order valence-corrected chi connectivity index (χ0v) is 12.9. The largest absolute Gasteiger partial charge is 0.493 e. The minimum Gasteiger partial charge on any atom is -0.493 e. The van der Waals surface area contributed by atoms with Crippen LogP contribution in [0.4, 0.5) is 0 Å². The molecule has 2 aromatic rings. The van der Waals surface area contributed by atoms with E-state index in [0.717, 1.165) is 25.3 Å². The third-order valence-electron chi connectivity index (χ3n) is 4.02. The van der Waals surface area contributed by atoms with Crippen molar-refractivity contribution in [2.45, 2.75) is 32.2 Å². The van der Waals surface area contributed by atoms with Gasteiger partial charge in [-0.1, -0.05) is 25.1 Å². The molecule has 0 bridgehead atoms. The number of ether oxygens (including phenoxy) is 1. The molecule has 2 heterocycles. The molecule has 0 radical (unpaired) electrons. The Hall–Kier alpha value is -1.32. The van der Waals surface area contributed by atoms with E-state index >= 15 is 0 Å². The fraction of sp³-hybridized carbons (Fsp3) is 0.412. The van der Waals surface area contributed by atoms with E-state index < -0.39 is 0 Å². The molecule has 3 heteroatoms. The van der Waals surface area contributed by atoms with E-state index in [4.69, 9.17) is 4.74 Å². The Bertz CT molecular complexity index is 578. The summed E-state index contributed by atoms with van der Waals surface area (Å²) < 4.78 is 5.81. The summed E-state index contributed by atoms with van der Waals surface area (Å²) in [6.45, 7) is 6.19. The van der Waals surface area contributed by atoms with E-state index in [1.165, 1.54) is 16.0 Å². The van der Waals surface area contributed by atoms with Gasteiger partial charge in [0.1, 0.15) is 5.75 Å². The lowest BCUT2D eigenvalue weighted by atomic mass is 9.85.